The Labute approximate surface area is 221 Å². The molecule has 0 radical (unpaired) electrons. The monoisotopic (exact) mass is 565 g/mol. The normalized spacial score (nSPS) is 15.3. The van der Waals surface area contributed by atoms with Crippen LogP contribution in [0.2, 0.25) is 5.02 Å². The summed E-state index contributed by atoms with van der Waals surface area (Å²) in [6.45, 7) is 1.19. The molecule has 3 amide bonds. The first-order valence-corrected chi connectivity index (χ1v) is 13.2. The molecule has 38 heavy (non-hydrogen) atoms. The summed E-state index contributed by atoms with van der Waals surface area (Å²) in [5, 5.41) is 2.64. The number of hydrogen-bond donors (Lipinski definition) is 3. The molecule has 0 saturated heterocycles. The molecule has 1 aliphatic heterocycles. The summed E-state index contributed by atoms with van der Waals surface area (Å²) in [4.78, 5) is 47.1. The summed E-state index contributed by atoms with van der Waals surface area (Å²) >= 11 is 6.19. The third-order valence-corrected chi connectivity index (χ3v) is 7.03. The third-order valence-electron chi connectivity index (χ3n) is 6.24. The van der Waals surface area contributed by atoms with Crippen molar-refractivity contribution < 1.29 is 37.2 Å². The molecule has 9 nitrogen and oxygen atoms in total. The lowest BCUT2D eigenvalue weighted by Crippen LogP contribution is -2.46. The molecule has 0 bridgehead atoms. The number of phosphoric ester groups is 1. The predicted molar refractivity (Wildman–Crippen MR) is 136 cm³/mol. The van der Waals surface area contributed by atoms with Crippen molar-refractivity contribution >= 4 is 37.0 Å². The van der Waals surface area contributed by atoms with E-state index in [1.165, 1.54) is 46.2 Å². The highest BCUT2D eigenvalue weighted by Crippen LogP contribution is 2.40. The minimum atomic E-state index is -4.97. The van der Waals surface area contributed by atoms with Crippen LogP contribution in [0.25, 0.3) is 0 Å². The number of urea groups is 1. The predicted octanol–water partition coefficient (Wildman–Crippen LogP) is 5.15. The van der Waals surface area contributed by atoms with Crippen LogP contribution in [0.3, 0.4) is 0 Å². The Morgan fingerprint density at radius 1 is 1.11 bits per heavy atom. The Morgan fingerprint density at radius 2 is 1.76 bits per heavy atom. The average molecular weight is 566 g/mol. The molecular formula is C25H23ClF2N3O6P. The third kappa shape index (κ3) is 5.66. The van der Waals surface area contributed by atoms with E-state index in [1.807, 2.05) is 6.92 Å². The standard InChI is InChI=1S/C25H23ClF2N3O6P/c1-14-16-10-9-15(24(32)29-12-17-20(27)7-4-8-23(17)37-38(34,35)36)11-22(16)31(25(33)30(14)2)13-18-19(26)5-3-6-21(18)28/h3-11,14H,12-13H2,1-2H3,(H,29,32)(H2,34,35,36)/t14-/m0/s1. The number of nitrogens with one attached hydrogen (secondary N) is 1. The van der Waals surface area contributed by atoms with Gasteiger partial charge in [-0.15, -0.1) is 0 Å². The molecule has 3 aromatic carbocycles. The van der Waals surface area contributed by atoms with Crippen LogP contribution in [0.5, 0.6) is 5.75 Å². The number of carbonyl (C=O) groups is 2. The number of rotatable bonds is 7. The molecule has 0 saturated carbocycles. The van der Waals surface area contributed by atoms with E-state index in [1.54, 1.807) is 13.1 Å². The van der Waals surface area contributed by atoms with Gasteiger partial charge in [0.2, 0.25) is 0 Å². The van der Waals surface area contributed by atoms with E-state index in [9.17, 15) is 22.9 Å². The summed E-state index contributed by atoms with van der Waals surface area (Å²) in [7, 11) is -3.36. The summed E-state index contributed by atoms with van der Waals surface area (Å²) in [6.07, 6.45) is 0. The Balaban J connectivity index is 1.64. The van der Waals surface area contributed by atoms with Crippen molar-refractivity contribution in [3.8, 4) is 5.75 Å². The fourth-order valence-electron chi connectivity index (χ4n) is 4.13. The van der Waals surface area contributed by atoms with Crippen molar-refractivity contribution in [1.29, 1.82) is 0 Å². The molecule has 4 rings (SSSR count). The zero-order chi connectivity index (χ0) is 27.8. The van der Waals surface area contributed by atoms with E-state index in [0.29, 0.717) is 11.3 Å². The molecule has 0 fully saturated rings. The molecule has 3 aromatic rings. The zero-order valence-electron chi connectivity index (χ0n) is 20.2. The molecular weight excluding hydrogens is 543 g/mol. The average Bonchev–Trinajstić information content (AvgIpc) is 2.85. The maximum atomic E-state index is 14.5. The van der Waals surface area contributed by atoms with Crippen LogP contribution in [0.4, 0.5) is 19.3 Å². The van der Waals surface area contributed by atoms with Crippen LogP contribution < -0.4 is 14.7 Å². The van der Waals surface area contributed by atoms with Gasteiger partial charge in [-0.3, -0.25) is 19.5 Å². The number of anilines is 1. The summed E-state index contributed by atoms with van der Waals surface area (Å²) in [5.74, 6) is -2.49. The van der Waals surface area contributed by atoms with Crippen LogP contribution in [-0.4, -0.2) is 33.7 Å². The van der Waals surface area contributed by atoms with E-state index in [2.05, 4.69) is 9.84 Å². The molecule has 0 spiro atoms. The minimum Gasteiger partial charge on any atom is -0.404 e. The van der Waals surface area contributed by atoms with Crippen molar-refractivity contribution in [2.45, 2.75) is 26.1 Å². The first-order valence-electron chi connectivity index (χ1n) is 11.3. The molecule has 1 aliphatic rings. The van der Waals surface area contributed by atoms with Gasteiger partial charge in [0, 0.05) is 35.3 Å². The molecule has 0 aliphatic carbocycles. The van der Waals surface area contributed by atoms with Gasteiger partial charge in [-0.1, -0.05) is 29.8 Å². The number of benzene rings is 3. The van der Waals surface area contributed by atoms with Crippen molar-refractivity contribution in [2.75, 3.05) is 11.9 Å². The van der Waals surface area contributed by atoms with Crippen molar-refractivity contribution in [1.82, 2.24) is 10.2 Å². The molecule has 0 aromatic heterocycles. The van der Waals surface area contributed by atoms with Gasteiger partial charge in [-0.05, 0) is 48.9 Å². The smallest absolute Gasteiger partial charge is 0.404 e. The van der Waals surface area contributed by atoms with Gasteiger partial charge in [0.05, 0.1) is 18.3 Å². The Morgan fingerprint density at radius 3 is 2.42 bits per heavy atom. The van der Waals surface area contributed by atoms with E-state index < -0.39 is 43.7 Å². The maximum Gasteiger partial charge on any atom is 0.524 e. The molecule has 0 unspecified atom stereocenters. The zero-order valence-corrected chi connectivity index (χ0v) is 21.8. The molecule has 3 N–H and O–H groups in total. The number of halogens is 3. The Hall–Kier alpha value is -3.50. The maximum absolute atomic E-state index is 14.5. The van der Waals surface area contributed by atoms with Crippen LogP contribution in [-0.2, 0) is 17.7 Å². The van der Waals surface area contributed by atoms with Gasteiger partial charge >= 0.3 is 13.9 Å². The number of amides is 3. The largest absolute Gasteiger partial charge is 0.524 e. The minimum absolute atomic E-state index is 0.114. The van der Waals surface area contributed by atoms with Crippen molar-refractivity contribution in [3.05, 3.63) is 93.5 Å². The summed E-state index contributed by atoms with van der Waals surface area (Å²) in [6, 6.07) is 11.5. The quantitative estimate of drug-likeness (QED) is 0.341. The lowest BCUT2D eigenvalue weighted by molar-refractivity contribution is 0.0950. The van der Waals surface area contributed by atoms with E-state index in [-0.39, 0.29) is 34.3 Å². The molecule has 1 heterocycles. The summed E-state index contributed by atoms with van der Waals surface area (Å²) in [5.41, 5.74) is 1.06. The van der Waals surface area contributed by atoms with Gasteiger partial charge < -0.3 is 14.7 Å². The van der Waals surface area contributed by atoms with Crippen LogP contribution in [0.1, 0.15) is 40.0 Å². The number of phosphoric acid groups is 1. The van der Waals surface area contributed by atoms with Gasteiger partial charge in [0.1, 0.15) is 17.4 Å². The van der Waals surface area contributed by atoms with Crippen molar-refractivity contribution in [2.24, 2.45) is 0 Å². The van der Waals surface area contributed by atoms with Crippen molar-refractivity contribution in [3.63, 3.8) is 0 Å². The topological polar surface area (TPSA) is 119 Å². The number of hydrogen-bond acceptors (Lipinski definition) is 4. The fourth-order valence-corrected chi connectivity index (χ4v) is 4.78. The lowest BCUT2D eigenvalue weighted by Gasteiger charge is -2.39. The number of nitrogens with zero attached hydrogens (tertiary/aromatic N) is 2. The molecule has 200 valence electrons. The van der Waals surface area contributed by atoms with Crippen LogP contribution in [0.15, 0.2) is 54.6 Å². The van der Waals surface area contributed by atoms with Gasteiger partial charge in [-0.25, -0.2) is 18.1 Å². The second kappa shape index (κ2) is 10.7. The fraction of sp³-hybridized carbons (Fsp3) is 0.200. The number of fused-ring (bicyclic) bond motifs is 1. The van der Waals surface area contributed by atoms with Gasteiger partial charge in [-0.2, -0.15) is 0 Å². The van der Waals surface area contributed by atoms with Gasteiger partial charge in [0.15, 0.2) is 0 Å². The highest BCUT2D eigenvalue weighted by atomic mass is 35.5. The summed E-state index contributed by atoms with van der Waals surface area (Å²) < 4.78 is 44.7. The highest BCUT2D eigenvalue weighted by molar-refractivity contribution is 7.46. The van der Waals surface area contributed by atoms with Crippen LogP contribution >= 0.6 is 19.4 Å². The highest BCUT2D eigenvalue weighted by Gasteiger charge is 2.34. The lowest BCUT2D eigenvalue weighted by atomic mass is 9.98. The Kier molecular flexibility index (Phi) is 7.75. The van der Waals surface area contributed by atoms with Crippen LogP contribution in [0, 0.1) is 11.6 Å². The van der Waals surface area contributed by atoms with Gasteiger partial charge in [0.25, 0.3) is 5.91 Å². The number of carbonyl (C=O) groups excluding carboxylic acids is 2. The first kappa shape index (κ1) is 27.5. The molecule has 1 atom stereocenters. The van der Waals surface area contributed by atoms with E-state index in [4.69, 9.17) is 21.4 Å². The van der Waals surface area contributed by atoms with E-state index in [0.717, 1.165) is 12.1 Å². The second-order valence-electron chi connectivity index (χ2n) is 8.61. The SMILES string of the molecule is C[C@H]1c2ccc(C(=O)NCc3c(F)cccc3OP(=O)(O)O)cc2N(Cc2c(F)cccc2Cl)C(=O)N1C. The first-order chi connectivity index (χ1) is 17.9. The molecule has 13 heteroatoms. The Bertz CT molecular complexity index is 1450. The van der Waals surface area contributed by atoms with E-state index >= 15 is 0 Å². The second-order valence-corrected chi connectivity index (χ2v) is 10.2.